The summed E-state index contributed by atoms with van der Waals surface area (Å²) in [6.45, 7) is 3.77. The van der Waals surface area contributed by atoms with E-state index in [4.69, 9.17) is 11.5 Å². The zero-order chi connectivity index (χ0) is 13.8. The van der Waals surface area contributed by atoms with Crippen molar-refractivity contribution >= 4 is 23.2 Å². The lowest BCUT2D eigenvalue weighted by molar-refractivity contribution is 0.0691. The Balaban J connectivity index is 2.99. The molecule has 2 N–H and O–H groups in total. The lowest BCUT2D eigenvalue weighted by Gasteiger charge is -2.26. The van der Waals surface area contributed by atoms with E-state index in [-0.39, 0.29) is 10.4 Å². The lowest BCUT2D eigenvalue weighted by Crippen LogP contribution is -2.46. The van der Waals surface area contributed by atoms with E-state index in [0.717, 1.165) is 11.3 Å². The third kappa shape index (κ3) is 2.71. The molecule has 5 heteroatoms. The molecular weight excluding hydrogens is 250 g/mol. The number of terminal acetylenes is 1. The minimum Gasteiger partial charge on any atom is -0.478 e. The molecule has 1 aromatic rings. The number of aromatic carboxylic acids is 1. The van der Waals surface area contributed by atoms with Crippen LogP contribution in [0.4, 0.5) is 0 Å². The van der Waals surface area contributed by atoms with Crippen molar-refractivity contribution in [2.45, 2.75) is 32.2 Å². The normalized spacial score (nSPS) is 10.7. The largest absolute Gasteiger partial charge is 0.478 e. The number of hydrogen-bond donors (Lipinski definition) is 2. The molecule has 18 heavy (non-hydrogen) atoms. The zero-order valence-electron chi connectivity index (χ0n) is 10.3. The molecule has 0 saturated heterocycles. The van der Waals surface area contributed by atoms with E-state index in [2.05, 4.69) is 11.2 Å². The highest BCUT2D eigenvalue weighted by Gasteiger charge is 2.28. The zero-order valence-corrected chi connectivity index (χ0v) is 11.1. The first-order chi connectivity index (χ1) is 8.49. The first-order valence-electron chi connectivity index (χ1n) is 5.60. The number of carbonyl (C=O) groups excluding carboxylic acids is 1. The second-order valence-corrected chi connectivity index (χ2v) is 4.77. The molecule has 0 aliphatic rings. The van der Waals surface area contributed by atoms with E-state index < -0.39 is 17.4 Å². The van der Waals surface area contributed by atoms with E-state index in [1.165, 1.54) is 6.07 Å². The Morgan fingerprint density at radius 3 is 2.56 bits per heavy atom. The van der Waals surface area contributed by atoms with Crippen LogP contribution in [0.2, 0.25) is 0 Å². The number of nitrogens with one attached hydrogen (secondary N) is 1. The van der Waals surface area contributed by atoms with Crippen LogP contribution in [0.1, 0.15) is 46.7 Å². The highest BCUT2D eigenvalue weighted by Crippen LogP contribution is 2.20. The number of rotatable bonds is 5. The molecule has 0 unspecified atom stereocenters. The Labute approximate surface area is 110 Å². The Morgan fingerprint density at radius 1 is 1.50 bits per heavy atom. The van der Waals surface area contributed by atoms with E-state index >= 15 is 0 Å². The van der Waals surface area contributed by atoms with Gasteiger partial charge in [0.05, 0.1) is 5.56 Å². The molecule has 0 spiro atoms. The summed E-state index contributed by atoms with van der Waals surface area (Å²) in [5, 5.41) is 13.3. The average molecular weight is 265 g/mol. The van der Waals surface area contributed by atoms with Crippen molar-refractivity contribution in [3.8, 4) is 12.3 Å². The molecule has 1 heterocycles. The smallest absolute Gasteiger partial charge is 0.337 e. The maximum Gasteiger partial charge on any atom is 0.337 e. The van der Waals surface area contributed by atoms with E-state index in [1.807, 2.05) is 13.8 Å². The fourth-order valence-electron chi connectivity index (χ4n) is 1.59. The van der Waals surface area contributed by atoms with Gasteiger partial charge < -0.3 is 10.4 Å². The van der Waals surface area contributed by atoms with Gasteiger partial charge in [-0.15, -0.1) is 17.8 Å². The van der Waals surface area contributed by atoms with E-state index in [9.17, 15) is 9.59 Å². The molecule has 0 saturated carbocycles. The monoisotopic (exact) mass is 265 g/mol. The molecule has 0 aliphatic heterocycles. The second-order valence-electron chi connectivity index (χ2n) is 3.86. The van der Waals surface area contributed by atoms with Gasteiger partial charge in [-0.2, -0.15) is 0 Å². The van der Waals surface area contributed by atoms with Crippen LogP contribution in [-0.4, -0.2) is 22.5 Å². The Kier molecular flexibility index (Phi) is 4.51. The van der Waals surface area contributed by atoms with Gasteiger partial charge in [0.1, 0.15) is 10.4 Å². The van der Waals surface area contributed by atoms with Gasteiger partial charge in [-0.3, -0.25) is 4.79 Å². The van der Waals surface area contributed by atoms with Crippen molar-refractivity contribution < 1.29 is 14.7 Å². The van der Waals surface area contributed by atoms with Gasteiger partial charge >= 0.3 is 5.97 Å². The molecule has 0 atom stereocenters. The van der Waals surface area contributed by atoms with Crippen LogP contribution in [0, 0.1) is 12.3 Å². The summed E-state index contributed by atoms with van der Waals surface area (Å²) in [6.07, 6.45) is 6.64. The third-order valence-electron chi connectivity index (χ3n) is 2.94. The standard InChI is InChI=1S/C13H15NO3S/c1-4-13(5-2,6-3)14-11(15)10-9(12(16)17)7-8-18-10/h1,7-8H,5-6H2,2-3H3,(H,14,15)(H,16,17). The van der Waals surface area contributed by atoms with Crippen LogP contribution in [0.15, 0.2) is 11.4 Å². The Bertz CT molecular complexity index is 495. The SMILES string of the molecule is C#CC(CC)(CC)NC(=O)c1sccc1C(=O)O. The molecule has 0 radical (unpaired) electrons. The molecule has 4 nitrogen and oxygen atoms in total. The summed E-state index contributed by atoms with van der Waals surface area (Å²) < 4.78 is 0. The van der Waals surface area contributed by atoms with E-state index in [1.54, 1.807) is 5.38 Å². The minimum atomic E-state index is -1.11. The number of carbonyl (C=O) groups is 2. The topological polar surface area (TPSA) is 66.4 Å². The van der Waals surface area contributed by atoms with Gasteiger partial charge in [0.2, 0.25) is 0 Å². The maximum atomic E-state index is 12.1. The van der Waals surface area contributed by atoms with Crippen molar-refractivity contribution in [1.29, 1.82) is 0 Å². The van der Waals surface area contributed by atoms with Crippen LogP contribution >= 0.6 is 11.3 Å². The fourth-order valence-corrected chi connectivity index (χ4v) is 2.38. The summed E-state index contributed by atoms with van der Waals surface area (Å²) in [4.78, 5) is 23.2. The average Bonchev–Trinajstić information content (AvgIpc) is 2.85. The first-order valence-corrected chi connectivity index (χ1v) is 6.48. The summed E-state index contributed by atoms with van der Waals surface area (Å²) in [7, 11) is 0. The molecule has 1 aromatic heterocycles. The molecule has 0 fully saturated rings. The molecule has 1 rings (SSSR count). The van der Waals surface area contributed by atoms with Crippen molar-refractivity contribution in [2.24, 2.45) is 0 Å². The molecular formula is C13H15NO3S. The maximum absolute atomic E-state index is 12.1. The van der Waals surface area contributed by atoms with Gasteiger partial charge in [-0.05, 0) is 24.3 Å². The van der Waals surface area contributed by atoms with Gasteiger partial charge in [-0.25, -0.2) is 4.79 Å². The van der Waals surface area contributed by atoms with Crippen LogP contribution in [0.3, 0.4) is 0 Å². The quantitative estimate of drug-likeness (QED) is 0.803. The number of carboxylic acids is 1. The number of hydrogen-bond acceptors (Lipinski definition) is 3. The Hall–Kier alpha value is -1.80. The molecule has 0 aliphatic carbocycles. The van der Waals surface area contributed by atoms with Crippen LogP contribution < -0.4 is 5.32 Å². The van der Waals surface area contributed by atoms with Gasteiger partial charge in [-0.1, -0.05) is 19.8 Å². The summed E-state index contributed by atoms with van der Waals surface area (Å²) >= 11 is 1.10. The summed E-state index contributed by atoms with van der Waals surface area (Å²) in [5.74, 6) is 1.04. The summed E-state index contributed by atoms with van der Waals surface area (Å²) in [5.41, 5.74) is -0.702. The Morgan fingerprint density at radius 2 is 2.11 bits per heavy atom. The molecule has 96 valence electrons. The van der Waals surface area contributed by atoms with Crippen LogP contribution in [0.5, 0.6) is 0 Å². The van der Waals surface area contributed by atoms with Gasteiger partial charge in [0, 0.05) is 0 Å². The van der Waals surface area contributed by atoms with Crippen LogP contribution in [-0.2, 0) is 0 Å². The second kappa shape index (κ2) is 5.69. The molecule has 1 amide bonds. The van der Waals surface area contributed by atoms with E-state index in [0.29, 0.717) is 12.8 Å². The molecule has 0 bridgehead atoms. The predicted molar refractivity (Wildman–Crippen MR) is 70.9 cm³/mol. The lowest BCUT2D eigenvalue weighted by atomic mass is 9.94. The fraction of sp³-hybridized carbons (Fsp3) is 0.385. The highest BCUT2D eigenvalue weighted by molar-refractivity contribution is 7.12. The number of amides is 1. The van der Waals surface area contributed by atoms with Crippen molar-refractivity contribution in [1.82, 2.24) is 5.32 Å². The summed E-state index contributed by atoms with van der Waals surface area (Å²) in [6, 6.07) is 1.41. The van der Waals surface area contributed by atoms with Crippen molar-refractivity contribution in [3.05, 3.63) is 21.9 Å². The first kappa shape index (κ1) is 14.3. The van der Waals surface area contributed by atoms with Crippen molar-refractivity contribution in [3.63, 3.8) is 0 Å². The number of carboxylic acid groups (broad SMARTS) is 1. The third-order valence-corrected chi connectivity index (χ3v) is 3.85. The van der Waals surface area contributed by atoms with Gasteiger partial charge in [0.15, 0.2) is 0 Å². The minimum absolute atomic E-state index is 0.00984. The van der Waals surface area contributed by atoms with Crippen molar-refractivity contribution in [2.75, 3.05) is 0 Å². The van der Waals surface area contributed by atoms with Crippen LogP contribution in [0.25, 0.3) is 0 Å². The predicted octanol–water partition coefficient (Wildman–Crippen LogP) is 2.37. The highest BCUT2D eigenvalue weighted by atomic mass is 32.1. The number of thiophene rings is 1. The van der Waals surface area contributed by atoms with Gasteiger partial charge in [0.25, 0.3) is 5.91 Å². The molecule has 0 aromatic carbocycles.